The van der Waals surface area contributed by atoms with E-state index in [9.17, 15) is 4.79 Å². The molecule has 1 aliphatic rings. The Morgan fingerprint density at radius 3 is 2.58 bits per heavy atom. The van der Waals surface area contributed by atoms with Gasteiger partial charge in [-0.25, -0.2) is 0 Å². The third-order valence-corrected chi connectivity index (χ3v) is 4.41. The van der Waals surface area contributed by atoms with Crippen LogP contribution >= 0.6 is 0 Å². The molecule has 1 aliphatic heterocycles. The Kier molecular flexibility index (Phi) is 3.95. The standard InChI is InChI=1S/C16H23NO2/c1-5-16(6-2,17(3)4)15(18)13-9-7-8-12-10-11-19-14(12)13/h7-9H,5-6,10-11H2,1-4H3. The Balaban J connectivity index is 2.47. The van der Waals surface area contributed by atoms with Crippen LogP contribution in [0.4, 0.5) is 0 Å². The molecule has 2 rings (SSSR count). The molecule has 104 valence electrons. The van der Waals surface area contributed by atoms with E-state index in [1.165, 1.54) is 0 Å². The van der Waals surface area contributed by atoms with Gasteiger partial charge in [0.1, 0.15) is 5.75 Å². The van der Waals surface area contributed by atoms with Crippen LogP contribution in [0.5, 0.6) is 5.75 Å². The Morgan fingerprint density at radius 2 is 2.00 bits per heavy atom. The van der Waals surface area contributed by atoms with Crippen LogP contribution in [-0.2, 0) is 6.42 Å². The van der Waals surface area contributed by atoms with E-state index in [2.05, 4.69) is 13.8 Å². The highest BCUT2D eigenvalue weighted by molar-refractivity contribution is 6.05. The first kappa shape index (κ1) is 14.1. The monoisotopic (exact) mass is 261 g/mol. The highest BCUT2D eigenvalue weighted by atomic mass is 16.5. The summed E-state index contributed by atoms with van der Waals surface area (Å²) in [5.74, 6) is 0.988. The Labute approximate surface area is 115 Å². The van der Waals surface area contributed by atoms with Crippen molar-refractivity contribution in [1.29, 1.82) is 0 Å². The first-order valence-electron chi connectivity index (χ1n) is 7.03. The summed E-state index contributed by atoms with van der Waals surface area (Å²) < 4.78 is 5.68. The van der Waals surface area contributed by atoms with E-state index >= 15 is 0 Å². The molecule has 19 heavy (non-hydrogen) atoms. The van der Waals surface area contributed by atoms with Gasteiger partial charge in [-0.15, -0.1) is 0 Å². The van der Waals surface area contributed by atoms with Gasteiger partial charge in [-0.1, -0.05) is 26.0 Å². The molecular weight excluding hydrogens is 238 g/mol. The lowest BCUT2D eigenvalue weighted by atomic mass is 9.82. The molecule has 0 spiro atoms. The molecular formula is C16H23NO2. The SMILES string of the molecule is CCC(CC)(C(=O)c1cccc2c1OCC2)N(C)C. The van der Waals surface area contributed by atoms with Gasteiger partial charge in [-0.3, -0.25) is 9.69 Å². The molecule has 0 aliphatic carbocycles. The smallest absolute Gasteiger partial charge is 0.186 e. The molecule has 0 aromatic heterocycles. The van der Waals surface area contributed by atoms with Crippen LogP contribution in [0.2, 0.25) is 0 Å². The van der Waals surface area contributed by atoms with Gasteiger partial charge in [0.25, 0.3) is 0 Å². The predicted octanol–water partition coefficient (Wildman–Crippen LogP) is 2.92. The van der Waals surface area contributed by atoms with Crippen LogP contribution in [0.3, 0.4) is 0 Å². The predicted molar refractivity (Wildman–Crippen MR) is 77.0 cm³/mol. The van der Waals surface area contributed by atoms with Gasteiger partial charge in [-0.05, 0) is 38.6 Å². The first-order chi connectivity index (χ1) is 9.06. The van der Waals surface area contributed by atoms with Gasteiger partial charge in [0.2, 0.25) is 0 Å². The molecule has 0 fully saturated rings. The maximum Gasteiger partial charge on any atom is 0.186 e. The maximum absolute atomic E-state index is 13.0. The van der Waals surface area contributed by atoms with Crippen LogP contribution in [0.25, 0.3) is 0 Å². The lowest BCUT2D eigenvalue weighted by Gasteiger charge is -2.37. The normalized spacial score (nSPS) is 14.4. The number of hydrogen-bond donors (Lipinski definition) is 0. The summed E-state index contributed by atoms with van der Waals surface area (Å²) in [7, 11) is 3.96. The molecule has 3 heteroatoms. The summed E-state index contributed by atoms with van der Waals surface area (Å²) in [6.07, 6.45) is 2.52. The number of carbonyl (C=O) groups excluding carboxylic acids is 1. The second-order valence-electron chi connectivity index (χ2n) is 5.35. The molecule has 0 saturated heterocycles. The largest absolute Gasteiger partial charge is 0.492 e. The molecule has 1 aromatic rings. The second kappa shape index (κ2) is 5.33. The fourth-order valence-corrected chi connectivity index (χ4v) is 3.05. The minimum absolute atomic E-state index is 0.182. The summed E-state index contributed by atoms with van der Waals surface area (Å²) in [6.45, 7) is 4.84. The summed E-state index contributed by atoms with van der Waals surface area (Å²) in [5.41, 5.74) is 1.47. The van der Waals surface area contributed by atoms with E-state index in [1.807, 2.05) is 37.2 Å². The van der Waals surface area contributed by atoms with E-state index in [4.69, 9.17) is 4.74 Å². The number of hydrogen-bond acceptors (Lipinski definition) is 3. The number of benzene rings is 1. The number of Topliss-reactive ketones (excluding diaryl/α,β-unsaturated/α-hetero) is 1. The highest BCUT2D eigenvalue weighted by Gasteiger charge is 2.39. The zero-order valence-corrected chi connectivity index (χ0v) is 12.3. The molecule has 1 heterocycles. The number of fused-ring (bicyclic) bond motifs is 1. The fourth-order valence-electron chi connectivity index (χ4n) is 3.05. The highest BCUT2D eigenvalue weighted by Crippen LogP contribution is 2.35. The molecule has 3 nitrogen and oxygen atoms in total. The third kappa shape index (κ3) is 2.16. The second-order valence-corrected chi connectivity index (χ2v) is 5.35. The van der Waals surface area contributed by atoms with Crippen LogP contribution in [-0.4, -0.2) is 36.9 Å². The van der Waals surface area contributed by atoms with Gasteiger partial charge in [0.15, 0.2) is 5.78 Å². The number of carbonyl (C=O) groups is 1. The van der Waals surface area contributed by atoms with Gasteiger partial charge in [-0.2, -0.15) is 0 Å². The minimum atomic E-state index is -0.429. The van der Waals surface area contributed by atoms with E-state index in [1.54, 1.807) is 0 Å². The number of rotatable bonds is 5. The summed E-state index contributed by atoms with van der Waals surface area (Å²) in [4.78, 5) is 15.1. The molecule has 0 bridgehead atoms. The first-order valence-corrected chi connectivity index (χ1v) is 7.03. The molecule has 1 aromatic carbocycles. The van der Waals surface area contributed by atoms with Crippen molar-refractivity contribution in [3.8, 4) is 5.75 Å². The Morgan fingerprint density at radius 1 is 1.32 bits per heavy atom. The zero-order chi connectivity index (χ0) is 14.0. The van der Waals surface area contributed by atoms with E-state index < -0.39 is 5.54 Å². The van der Waals surface area contributed by atoms with Gasteiger partial charge >= 0.3 is 0 Å². The minimum Gasteiger partial charge on any atom is -0.492 e. The molecule has 0 amide bonds. The van der Waals surface area contributed by atoms with Crippen molar-refractivity contribution in [2.45, 2.75) is 38.6 Å². The fraction of sp³-hybridized carbons (Fsp3) is 0.562. The van der Waals surface area contributed by atoms with Crippen molar-refractivity contribution < 1.29 is 9.53 Å². The van der Waals surface area contributed by atoms with Crippen molar-refractivity contribution in [2.24, 2.45) is 0 Å². The topological polar surface area (TPSA) is 29.5 Å². The van der Waals surface area contributed by atoms with Gasteiger partial charge in [0, 0.05) is 6.42 Å². The Hall–Kier alpha value is -1.35. The van der Waals surface area contributed by atoms with Crippen molar-refractivity contribution in [3.63, 3.8) is 0 Å². The lowest BCUT2D eigenvalue weighted by molar-refractivity contribution is 0.0653. The molecule has 0 N–H and O–H groups in total. The van der Waals surface area contributed by atoms with Crippen LogP contribution < -0.4 is 4.74 Å². The quantitative estimate of drug-likeness (QED) is 0.763. The van der Waals surface area contributed by atoms with Crippen LogP contribution in [0.15, 0.2) is 18.2 Å². The van der Waals surface area contributed by atoms with Crippen molar-refractivity contribution in [1.82, 2.24) is 4.90 Å². The van der Waals surface area contributed by atoms with E-state index in [0.29, 0.717) is 6.61 Å². The third-order valence-electron chi connectivity index (χ3n) is 4.41. The molecule has 0 radical (unpaired) electrons. The average molecular weight is 261 g/mol. The van der Waals surface area contributed by atoms with E-state index in [-0.39, 0.29) is 5.78 Å². The lowest BCUT2D eigenvalue weighted by Crippen LogP contribution is -2.50. The van der Waals surface area contributed by atoms with Crippen molar-refractivity contribution in [2.75, 3.05) is 20.7 Å². The summed E-state index contributed by atoms with van der Waals surface area (Å²) >= 11 is 0. The molecule has 0 saturated carbocycles. The maximum atomic E-state index is 13.0. The van der Waals surface area contributed by atoms with Gasteiger partial charge < -0.3 is 4.74 Å². The number of ether oxygens (including phenoxy) is 1. The van der Waals surface area contributed by atoms with Crippen LogP contribution in [0, 0.1) is 0 Å². The average Bonchev–Trinajstić information content (AvgIpc) is 2.88. The zero-order valence-electron chi connectivity index (χ0n) is 12.3. The van der Waals surface area contributed by atoms with E-state index in [0.717, 1.165) is 36.1 Å². The number of likely N-dealkylation sites (N-methyl/N-ethyl adjacent to an activating group) is 1. The number of ketones is 1. The van der Waals surface area contributed by atoms with Crippen molar-refractivity contribution >= 4 is 5.78 Å². The number of para-hydroxylation sites is 1. The van der Waals surface area contributed by atoms with Gasteiger partial charge in [0.05, 0.1) is 17.7 Å². The van der Waals surface area contributed by atoms with Crippen LogP contribution in [0.1, 0.15) is 42.6 Å². The Bertz CT molecular complexity index is 476. The summed E-state index contributed by atoms with van der Waals surface area (Å²) in [5, 5.41) is 0. The molecule has 0 atom stereocenters. The van der Waals surface area contributed by atoms with Crippen molar-refractivity contribution in [3.05, 3.63) is 29.3 Å². The number of nitrogens with zero attached hydrogens (tertiary/aromatic N) is 1. The summed E-state index contributed by atoms with van der Waals surface area (Å²) in [6, 6.07) is 5.91. The molecule has 0 unspecified atom stereocenters.